The summed E-state index contributed by atoms with van der Waals surface area (Å²) in [5.41, 5.74) is 8.80. The van der Waals surface area contributed by atoms with Gasteiger partial charge in [0.05, 0.1) is 0 Å². The Morgan fingerprint density at radius 1 is 1.13 bits per heavy atom. The second-order valence-electron chi connectivity index (χ2n) is 2.07. The predicted molar refractivity (Wildman–Crippen MR) is 76.9 cm³/mol. The van der Waals surface area contributed by atoms with Crippen LogP contribution in [0.4, 0.5) is 0 Å². The van der Waals surface area contributed by atoms with Gasteiger partial charge in [-0.05, 0) is 45.1 Å². The van der Waals surface area contributed by atoms with Crippen LogP contribution < -0.4 is 11.5 Å². The molecule has 0 aliphatic heterocycles. The number of hydrogen-bond donors (Lipinski definition) is 4. The molecule has 6 N–H and O–H groups in total. The molecule has 15 heavy (non-hydrogen) atoms. The summed E-state index contributed by atoms with van der Waals surface area (Å²) in [6.45, 7) is 3.26. The van der Waals surface area contributed by atoms with Gasteiger partial charge in [0.1, 0.15) is 0 Å². The number of nitrogens with zero attached hydrogens (tertiary/aromatic N) is 1. The summed E-state index contributed by atoms with van der Waals surface area (Å²) >= 11 is 7.74. The first-order valence-corrected chi connectivity index (χ1v) is 4.17. The van der Waals surface area contributed by atoms with Crippen molar-refractivity contribution in [2.75, 3.05) is 20.6 Å². The van der Waals surface area contributed by atoms with Gasteiger partial charge in [-0.3, -0.25) is 0 Å². The summed E-state index contributed by atoms with van der Waals surface area (Å²) in [5.74, 6) is 0. The number of hydrogen-bond acceptors (Lipinski definition) is 3. The molecule has 0 heterocycles. The normalized spacial score (nSPS) is 6.40. The van der Waals surface area contributed by atoms with Gasteiger partial charge >= 0.3 is 29.6 Å². The van der Waals surface area contributed by atoms with Gasteiger partial charge in [0.2, 0.25) is 0 Å². The molecule has 0 rings (SSSR count). The Morgan fingerprint density at radius 3 is 1.20 bits per heavy atom. The fraction of sp³-hybridized carbons (Fsp3) is 0.714. The zero-order chi connectivity index (χ0) is 11.4. The molecule has 0 aromatic carbocycles. The van der Waals surface area contributed by atoms with E-state index in [2.05, 4.69) is 61.8 Å². The van der Waals surface area contributed by atoms with Gasteiger partial charge in [-0.15, -0.1) is 0 Å². The van der Waals surface area contributed by atoms with Crippen molar-refractivity contribution in [3.05, 3.63) is 0 Å². The molecule has 0 aromatic rings. The monoisotopic (exact) mass is 267 g/mol. The Hall–Kier alpha value is 0.340. The first-order chi connectivity index (χ1) is 5.73. The van der Waals surface area contributed by atoms with E-state index in [0.29, 0.717) is 0 Å². The van der Waals surface area contributed by atoms with Crippen molar-refractivity contribution >= 4 is 64.3 Å². The Kier molecular flexibility index (Phi) is 46.9. The van der Waals surface area contributed by atoms with Gasteiger partial charge < -0.3 is 26.6 Å². The van der Waals surface area contributed by atoms with E-state index >= 15 is 0 Å². The number of nitrogens with two attached hydrogens (primary N) is 2. The topological polar surface area (TPSA) is 95.7 Å². The quantitative estimate of drug-likeness (QED) is 0.396. The van der Waals surface area contributed by atoms with Crippen LogP contribution in [0, 0.1) is 0 Å². The van der Waals surface area contributed by atoms with Crippen LogP contribution >= 0.6 is 24.4 Å². The molecule has 0 aromatic heterocycles. The van der Waals surface area contributed by atoms with E-state index in [1.54, 1.807) is 0 Å². The van der Waals surface area contributed by atoms with Gasteiger partial charge in [-0.2, -0.15) is 0 Å². The maximum absolute atomic E-state index is 7.56. The predicted octanol–water partition coefficient (Wildman–Crippen LogP) is 0.132. The van der Waals surface area contributed by atoms with Crippen molar-refractivity contribution in [2.24, 2.45) is 11.5 Å². The van der Waals surface area contributed by atoms with Gasteiger partial charge in [0.15, 0.2) is 0 Å². The Morgan fingerprint density at radius 2 is 1.20 bits per heavy atom. The van der Waals surface area contributed by atoms with Crippen molar-refractivity contribution in [3.63, 3.8) is 0 Å². The summed E-state index contributed by atoms with van der Waals surface area (Å²) in [6, 6.07) is 0. The van der Waals surface area contributed by atoms with Gasteiger partial charge in [0, 0.05) is 0 Å². The molecule has 0 bridgehead atoms. The van der Waals surface area contributed by atoms with Crippen molar-refractivity contribution in [3.8, 4) is 0 Å². The third-order valence-corrected chi connectivity index (χ3v) is 0.632. The first kappa shape index (κ1) is 29.5. The van der Waals surface area contributed by atoms with Crippen LogP contribution in [0.3, 0.4) is 0 Å². The number of thiocarbonyl (C=S) groups is 2. The molecular weight excluding hydrogens is 245 g/mol. The van der Waals surface area contributed by atoms with Crippen LogP contribution in [-0.4, -0.2) is 75.7 Å². The van der Waals surface area contributed by atoms with Crippen LogP contribution in [-0.2, 0) is 0 Å². The number of aliphatic hydroxyl groups excluding tert-OH is 2. The third-order valence-electron chi connectivity index (χ3n) is 0.632. The molecule has 0 aliphatic rings. The minimum absolute atomic E-state index is 0. The summed E-state index contributed by atoms with van der Waals surface area (Å²) in [4.78, 5) is 2.12. The molecule has 0 amide bonds. The molecule has 0 spiro atoms. The average Bonchev–Trinajstić information content (AvgIpc) is 1.84. The van der Waals surface area contributed by atoms with E-state index in [1.807, 2.05) is 0 Å². The molecule has 90 valence electrons. The van der Waals surface area contributed by atoms with Crippen LogP contribution in [0.25, 0.3) is 0 Å². The van der Waals surface area contributed by atoms with E-state index < -0.39 is 10.3 Å². The average molecular weight is 267 g/mol. The van der Waals surface area contributed by atoms with Gasteiger partial charge in [-0.1, -0.05) is 14.4 Å². The summed E-state index contributed by atoms with van der Waals surface area (Å²) in [5, 5.41) is 14.1. The zero-order valence-corrected chi connectivity index (χ0v) is 9.65. The van der Waals surface area contributed by atoms with Crippen molar-refractivity contribution in [1.29, 1.82) is 0 Å². The number of aliphatic hydroxyl groups is 2. The third kappa shape index (κ3) is 399. The molecule has 0 saturated carbocycles. The van der Waals surface area contributed by atoms with E-state index in [1.165, 1.54) is 0 Å². The molecule has 5 nitrogen and oxygen atoms in total. The fourth-order valence-corrected chi connectivity index (χ4v) is 0. The van der Waals surface area contributed by atoms with Crippen molar-refractivity contribution in [1.82, 2.24) is 4.90 Å². The molecule has 0 radical (unpaired) electrons. The van der Waals surface area contributed by atoms with E-state index in [0.717, 1.165) is 6.54 Å². The maximum atomic E-state index is 7.56. The zero-order valence-electron chi connectivity index (χ0n) is 8.02. The minimum atomic E-state index is -0.500. The molecule has 0 fully saturated rings. The fourth-order valence-electron chi connectivity index (χ4n) is 0. The molecule has 0 aliphatic carbocycles. The van der Waals surface area contributed by atoms with Crippen LogP contribution in [0.15, 0.2) is 0 Å². The number of rotatable bonds is 1. The Bertz CT molecular complexity index is 128. The molecule has 0 unspecified atom stereocenters. The van der Waals surface area contributed by atoms with E-state index in [-0.39, 0.29) is 37.0 Å². The summed E-state index contributed by atoms with van der Waals surface area (Å²) in [7, 11) is 4.11. The second kappa shape index (κ2) is 23.9. The van der Waals surface area contributed by atoms with Crippen LogP contribution in [0.1, 0.15) is 14.4 Å². The Labute approximate surface area is 125 Å². The van der Waals surface area contributed by atoms with Crippen molar-refractivity contribution < 1.29 is 10.2 Å². The van der Waals surface area contributed by atoms with E-state index in [9.17, 15) is 0 Å². The summed E-state index contributed by atoms with van der Waals surface area (Å²) in [6.07, 6.45) is 0. The van der Waals surface area contributed by atoms with E-state index in [4.69, 9.17) is 10.2 Å². The summed E-state index contributed by atoms with van der Waals surface area (Å²) < 4.78 is 0. The Balaban J connectivity index is -0.0000000315. The van der Waals surface area contributed by atoms with Gasteiger partial charge in [-0.25, -0.2) is 0 Å². The first-order valence-electron chi connectivity index (χ1n) is 3.35. The standard InChI is InChI=1S/C4H11N.2CH3NOS.CH4.Na.H/c1-4-5(2)3;2*2-1(3)4;;;/h4H2,1-3H3;2*(H3,2,3,4);1H4;;. The van der Waals surface area contributed by atoms with Crippen molar-refractivity contribution in [2.45, 2.75) is 14.4 Å². The molecular formula is C7H22N3NaO2S2. The van der Waals surface area contributed by atoms with Crippen LogP contribution in [0.2, 0.25) is 0 Å². The van der Waals surface area contributed by atoms with Gasteiger partial charge in [0.25, 0.3) is 10.3 Å². The van der Waals surface area contributed by atoms with Crippen LogP contribution in [0.5, 0.6) is 0 Å². The molecule has 8 heteroatoms. The second-order valence-corrected chi connectivity index (χ2v) is 2.91. The molecule has 0 saturated heterocycles. The molecule has 0 atom stereocenters. The SMILES string of the molecule is C.CCN(C)C.NC(O)=S.NC(O)=S.[NaH].